The molecule has 0 fully saturated rings. The van der Waals surface area contributed by atoms with E-state index in [0.717, 1.165) is 38.5 Å². The van der Waals surface area contributed by atoms with Gasteiger partial charge in [-0.05, 0) is 12.8 Å². The van der Waals surface area contributed by atoms with E-state index in [1.165, 1.54) is 372 Å². The van der Waals surface area contributed by atoms with E-state index in [-0.39, 0.29) is 19.1 Å². The number of unbranched alkanes of at least 4 members (excludes halogenated alkanes) is 62. The smallest absolute Gasteiger partial charge is 0.391 e. The monoisotopic (exact) mass is 1240 g/mol. The summed E-state index contributed by atoms with van der Waals surface area (Å²) in [5.41, 5.74) is 0. The predicted octanol–water partition coefficient (Wildman–Crippen LogP) is 25.5. The van der Waals surface area contributed by atoms with Crippen LogP contribution < -0.4 is 5.32 Å². The number of nitrogens with zero attached hydrogens (tertiary/aromatic N) is 1. The molecule has 3 N–H and O–H groups in total. The van der Waals surface area contributed by atoms with Gasteiger partial charge in [-0.2, -0.15) is 0 Å². The van der Waals surface area contributed by atoms with Crippen molar-refractivity contribution in [1.82, 2.24) is 5.32 Å². The minimum absolute atomic E-state index is 0.0796. The van der Waals surface area contributed by atoms with Gasteiger partial charge in [-0.15, -0.1) is 0 Å². The number of hydrogen-bond acceptors (Lipinski definition) is 5. The van der Waals surface area contributed by atoms with E-state index < -0.39 is 20.0 Å². The quantitative estimate of drug-likeness (QED) is 0.0318. The molecule has 0 heterocycles. The third-order valence-corrected chi connectivity index (χ3v) is 19.8. The van der Waals surface area contributed by atoms with Gasteiger partial charge in [-0.3, -0.25) is 13.8 Å². The van der Waals surface area contributed by atoms with Gasteiger partial charge in [-0.1, -0.05) is 418 Å². The summed E-state index contributed by atoms with van der Waals surface area (Å²) in [7, 11) is 1.65. The lowest BCUT2D eigenvalue weighted by Crippen LogP contribution is -2.46. The summed E-state index contributed by atoms with van der Waals surface area (Å²) in [6.07, 6.45) is 88.2. The molecule has 86 heavy (non-hydrogen) atoms. The maximum Gasteiger partial charge on any atom is 0.472 e. The van der Waals surface area contributed by atoms with E-state index in [1.54, 1.807) is 0 Å². The number of phosphoric acid groups is 1. The molecule has 0 aromatic heterocycles. The van der Waals surface area contributed by atoms with Crippen LogP contribution in [0.1, 0.15) is 438 Å². The third-order valence-electron chi connectivity index (χ3n) is 18.9. The molecule has 0 aromatic carbocycles. The van der Waals surface area contributed by atoms with Crippen LogP contribution in [0.15, 0.2) is 0 Å². The average molecular weight is 1240 g/mol. The predicted molar refractivity (Wildman–Crippen MR) is 379 cm³/mol. The van der Waals surface area contributed by atoms with Crippen LogP contribution in [0.25, 0.3) is 0 Å². The fourth-order valence-corrected chi connectivity index (χ4v) is 13.5. The van der Waals surface area contributed by atoms with Crippen LogP contribution in [0.3, 0.4) is 0 Å². The number of amides is 1. The van der Waals surface area contributed by atoms with Gasteiger partial charge in [0.15, 0.2) is 0 Å². The lowest BCUT2D eigenvalue weighted by Gasteiger charge is -2.26. The van der Waals surface area contributed by atoms with E-state index in [9.17, 15) is 19.4 Å². The Morgan fingerprint density at radius 2 is 0.558 bits per heavy atom. The van der Waals surface area contributed by atoms with Gasteiger partial charge in [0.1, 0.15) is 13.2 Å². The normalized spacial score (nSPS) is 13.4. The van der Waals surface area contributed by atoms with Crippen molar-refractivity contribution < 1.29 is 32.9 Å². The van der Waals surface area contributed by atoms with Crippen LogP contribution in [-0.2, 0) is 18.4 Å². The second kappa shape index (κ2) is 68.9. The summed E-state index contributed by atoms with van der Waals surface area (Å²) in [5.74, 6) is -0.131. The molecule has 1 amide bonds. The molecule has 0 aliphatic rings. The zero-order valence-corrected chi connectivity index (χ0v) is 60.3. The first kappa shape index (κ1) is 85.5. The van der Waals surface area contributed by atoms with Crippen molar-refractivity contribution >= 4 is 13.7 Å². The van der Waals surface area contributed by atoms with Gasteiger partial charge in [0.25, 0.3) is 0 Å². The SMILES string of the molecule is CCCCCCCCCCCCCCCCCCCCCCCCCCCCCCCCCCCCC(=O)NC(COP(=O)(O)OCC[N+](C)(C)C)C(O)CCCCCCCCCCCCCCCCCCCCCCCCCCCCCCCC. The molecule has 0 aromatic rings. The van der Waals surface area contributed by atoms with E-state index in [0.29, 0.717) is 23.9 Å². The highest BCUT2D eigenvalue weighted by atomic mass is 31.2. The maximum atomic E-state index is 13.1. The van der Waals surface area contributed by atoms with Crippen molar-refractivity contribution in [2.75, 3.05) is 40.9 Å². The minimum Gasteiger partial charge on any atom is -0.391 e. The standard InChI is InChI=1S/C77H157N2O6P/c1-6-8-10-12-14-16-18-20-22-24-26-28-30-32-34-36-38-39-40-41-43-45-47-49-51-53-55-57-59-61-63-65-67-69-71-77(81)78-75(74-85-86(82,83)84-73-72-79(3,4)5)76(80)70-68-66-64-62-60-58-56-54-52-50-48-46-44-42-37-35-33-31-29-27-25-23-21-19-17-15-13-11-9-7-2/h75-76,80H,6-74H2,1-5H3,(H-,78,81,82,83)/p+1. The summed E-state index contributed by atoms with van der Waals surface area (Å²) < 4.78 is 24.0. The molecule has 0 bridgehead atoms. The van der Waals surface area contributed by atoms with Crippen molar-refractivity contribution in [3.63, 3.8) is 0 Å². The molecule has 0 aliphatic heterocycles. The Balaban J connectivity index is 3.90. The van der Waals surface area contributed by atoms with Gasteiger partial charge in [-0.25, -0.2) is 4.57 Å². The molecule has 0 radical (unpaired) electrons. The Labute approximate surface area is 540 Å². The Kier molecular flexibility index (Phi) is 68.5. The summed E-state index contributed by atoms with van der Waals surface area (Å²) in [6, 6.07) is -0.758. The van der Waals surface area contributed by atoms with Crippen LogP contribution in [0.4, 0.5) is 0 Å². The third kappa shape index (κ3) is 70.9. The number of likely N-dealkylation sites (N-methyl/N-ethyl adjacent to an activating group) is 1. The number of hydrogen-bond donors (Lipinski definition) is 3. The van der Waals surface area contributed by atoms with Crippen molar-refractivity contribution in [3.8, 4) is 0 Å². The van der Waals surface area contributed by atoms with E-state index in [4.69, 9.17) is 9.05 Å². The molecule has 0 spiro atoms. The van der Waals surface area contributed by atoms with Crippen LogP contribution in [0.5, 0.6) is 0 Å². The summed E-state index contributed by atoms with van der Waals surface area (Å²) >= 11 is 0. The Bertz CT molecular complexity index is 1360. The molecule has 0 aliphatic carbocycles. The fraction of sp³-hybridized carbons (Fsp3) is 0.987. The zero-order valence-electron chi connectivity index (χ0n) is 59.4. The van der Waals surface area contributed by atoms with Crippen LogP contribution in [0, 0.1) is 0 Å². The Morgan fingerprint density at radius 1 is 0.349 bits per heavy atom. The van der Waals surface area contributed by atoms with Crippen molar-refractivity contribution in [3.05, 3.63) is 0 Å². The van der Waals surface area contributed by atoms with E-state index >= 15 is 0 Å². The minimum atomic E-state index is -4.33. The van der Waals surface area contributed by atoms with Gasteiger partial charge in [0, 0.05) is 6.42 Å². The van der Waals surface area contributed by atoms with Gasteiger partial charge < -0.3 is 19.8 Å². The fourth-order valence-electron chi connectivity index (χ4n) is 12.8. The molecule has 8 nitrogen and oxygen atoms in total. The Morgan fingerprint density at radius 3 is 0.779 bits per heavy atom. The maximum absolute atomic E-state index is 13.1. The van der Waals surface area contributed by atoms with Crippen molar-refractivity contribution in [2.45, 2.75) is 450 Å². The topological polar surface area (TPSA) is 105 Å². The number of rotatable bonds is 75. The molecule has 0 rings (SSSR count). The number of quaternary nitrogens is 1. The highest BCUT2D eigenvalue weighted by molar-refractivity contribution is 7.47. The molecule has 3 unspecified atom stereocenters. The van der Waals surface area contributed by atoms with Gasteiger partial charge >= 0.3 is 7.82 Å². The molecule has 0 saturated heterocycles. The lowest BCUT2D eigenvalue weighted by atomic mass is 10.0. The first-order chi connectivity index (χ1) is 42.0. The number of phosphoric ester groups is 1. The van der Waals surface area contributed by atoms with Crippen LogP contribution in [-0.4, -0.2) is 73.4 Å². The summed E-state index contributed by atoms with van der Waals surface area (Å²) in [6.45, 7) is 4.98. The molecular weight excluding hydrogens is 1080 g/mol. The van der Waals surface area contributed by atoms with Crippen LogP contribution >= 0.6 is 7.82 Å². The van der Waals surface area contributed by atoms with E-state index in [1.807, 2.05) is 21.1 Å². The van der Waals surface area contributed by atoms with Crippen molar-refractivity contribution in [1.29, 1.82) is 0 Å². The lowest BCUT2D eigenvalue weighted by molar-refractivity contribution is -0.870. The molecule has 0 saturated carbocycles. The summed E-state index contributed by atoms with van der Waals surface area (Å²) in [4.78, 5) is 23.5. The zero-order chi connectivity index (χ0) is 62.6. The number of carbonyl (C=O) groups is 1. The van der Waals surface area contributed by atoms with Crippen LogP contribution in [0.2, 0.25) is 0 Å². The first-order valence-electron chi connectivity index (χ1n) is 39.4. The largest absolute Gasteiger partial charge is 0.472 e. The molecule has 3 atom stereocenters. The number of aliphatic hydroxyl groups is 1. The second-order valence-electron chi connectivity index (χ2n) is 28.8. The molecular formula is C77H158N2O6P+. The highest BCUT2D eigenvalue weighted by Crippen LogP contribution is 2.43. The highest BCUT2D eigenvalue weighted by Gasteiger charge is 2.28. The number of nitrogens with one attached hydrogen (secondary N) is 1. The average Bonchev–Trinajstić information content (AvgIpc) is 3.70. The molecule has 516 valence electrons. The second-order valence-corrected chi connectivity index (χ2v) is 30.3. The number of aliphatic hydroxyl groups excluding tert-OH is 1. The van der Waals surface area contributed by atoms with Gasteiger partial charge in [0.05, 0.1) is 39.9 Å². The van der Waals surface area contributed by atoms with E-state index in [2.05, 4.69) is 19.2 Å². The molecule has 9 heteroatoms. The first-order valence-corrected chi connectivity index (χ1v) is 40.9. The Hall–Kier alpha value is -0.500. The van der Waals surface area contributed by atoms with Gasteiger partial charge in [0.2, 0.25) is 5.91 Å². The van der Waals surface area contributed by atoms with Crippen molar-refractivity contribution in [2.24, 2.45) is 0 Å². The number of carbonyl (C=O) groups excluding carboxylic acids is 1. The summed E-state index contributed by atoms with van der Waals surface area (Å²) in [5, 5.41) is 14.2.